The van der Waals surface area contributed by atoms with Gasteiger partial charge in [0.2, 0.25) is 0 Å². The minimum Gasteiger partial charge on any atom is -0.497 e. The lowest BCUT2D eigenvalue weighted by molar-refractivity contribution is 0.414. The third-order valence-corrected chi connectivity index (χ3v) is 3.00. The lowest BCUT2D eigenvalue weighted by Gasteiger charge is -2.12. The summed E-state index contributed by atoms with van der Waals surface area (Å²) >= 11 is 1.76. The van der Waals surface area contributed by atoms with Gasteiger partial charge in [0.1, 0.15) is 5.75 Å². The zero-order valence-electron chi connectivity index (χ0n) is 7.99. The first-order chi connectivity index (χ1) is 6.31. The van der Waals surface area contributed by atoms with Gasteiger partial charge >= 0.3 is 0 Å². The number of ether oxygens (including phenoxy) is 1. The fraction of sp³-hybridized carbons (Fsp3) is 0.400. The molecule has 1 aromatic rings. The van der Waals surface area contributed by atoms with Crippen molar-refractivity contribution in [1.29, 1.82) is 0 Å². The van der Waals surface area contributed by atoms with Gasteiger partial charge in [-0.3, -0.25) is 0 Å². The molecule has 0 fully saturated rings. The summed E-state index contributed by atoms with van der Waals surface area (Å²) in [6, 6.07) is 8.05. The van der Waals surface area contributed by atoms with Crippen LogP contribution in [0, 0.1) is 0 Å². The van der Waals surface area contributed by atoms with E-state index < -0.39 is 0 Å². The molecule has 0 aliphatic heterocycles. The molecule has 0 aliphatic rings. The summed E-state index contributed by atoms with van der Waals surface area (Å²) in [6.07, 6.45) is 2.07. The second-order valence-electron chi connectivity index (χ2n) is 2.74. The average molecular weight is 197 g/mol. The van der Waals surface area contributed by atoms with Crippen LogP contribution in [0.1, 0.15) is 10.8 Å². The van der Waals surface area contributed by atoms with Crippen molar-refractivity contribution in [2.45, 2.75) is 5.25 Å². The number of benzene rings is 1. The van der Waals surface area contributed by atoms with Crippen molar-refractivity contribution in [1.82, 2.24) is 0 Å². The van der Waals surface area contributed by atoms with Crippen LogP contribution in [0.5, 0.6) is 5.75 Å². The molecular weight excluding hydrogens is 182 g/mol. The number of thioether (sulfide) groups is 1. The van der Waals surface area contributed by atoms with Crippen LogP contribution >= 0.6 is 11.8 Å². The van der Waals surface area contributed by atoms with E-state index in [-0.39, 0.29) is 0 Å². The lowest BCUT2D eigenvalue weighted by atomic mass is 10.1. The monoisotopic (exact) mass is 197 g/mol. The SMILES string of the molecule is COc1cccc(C(CN)SC)c1. The highest BCUT2D eigenvalue weighted by molar-refractivity contribution is 7.98. The molecule has 1 aromatic carbocycles. The Morgan fingerprint density at radius 3 is 2.85 bits per heavy atom. The van der Waals surface area contributed by atoms with Crippen LogP contribution in [0.15, 0.2) is 24.3 Å². The minimum atomic E-state index is 0.370. The van der Waals surface area contributed by atoms with Crippen molar-refractivity contribution in [3.63, 3.8) is 0 Å². The van der Waals surface area contributed by atoms with Crippen molar-refractivity contribution in [3.8, 4) is 5.75 Å². The molecule has 0 spiro atoms. The zero-order chi connectivity index (χ0) is 9.68. The summed E-state index contributed by atoms with van der Waals surface area (Å²) in [5.74, 6) is 0.894. The molecule has 1 rings (SSSR count). The molecule has 0 aromatic heterocycles. The van der Waals surface area contributed by atoms with Crippen molar-refractivity contribution in [3.05, 3.63) is 29.8 Å². The molecule has 1 unspecified atom stereocenters. The van der Waals surface area contributed by atoms with E-state index in [1.54, 1.807) is 18.9 Å². The molecule has 0 amide bonds. The van der Waals surface area contributed by atoms with Gasteiger partial charge in [0.05, 0.1) is 7.11 Å². The number of methoxy groups -OCH3 is 1. The normalized spacial score (nSPS) is 12.5. The van der Waals surface area contributed by atoms with Crippen LogP contribution in [-0.4, -0.2) is 19.9 Å². The molecule has 0 saturated carbocycles. The molecule has 72 valence electrons. The molecule has 0 aliphatic carbocycles. The lowest BCUT2D eigenvalue weighted by Crippen LogP contribution is -2.08. The van der Waals surface area contributed by atoms with Crippen molar-refractivity contribution in [2.75, 3.05) is 19.9 Å². The van der Waals surface area contributed by atoms with Crippen LogP contribution < -0.4 is 10.5 Å². The van der Waals surface area contributed by atoms with Gasteiger partial charge in [-0.2, -0.15) is 11.8 Å². The Morgan fingerprint density at radius 1 is 1.54 bits per heavy atom. The summed E-state index contributed by atoms with van der Waals surface area (Å²) in [7, 11) is 1.68. The molecular formula is C10H15NOS. The number of nitrogens with two attached hydrogens (primary N) is 1. The fourth-order valence-corrected chi connectivity index (χ4v) is 1.82. The summed E-state index contributed by atoms with van der Waals surface area (Å²) in [5, 5.41) is 0.370. The van der Waals surface area contributed by atoms with Gasteiger partial charge in [0.15, 0.2) is 0 Å². The van der Waals surface area contributed by atoms with Crippen molar-refractivity contribution in [2.24, 2.45) is 5.73 Å². The second kappa shape index (κ2) is 5.14. The third-order valence-electron chi connectivity index (χ3n) is 1.96. The summed E-state index contributed by atoms with van der Waals surface area (Å²) in [4.78, 5) is 0. The second-order valence-corrected chi connectivity index (χ2v) is 3.78. The molecule has 0 saturated heterocycles. The van der Waals surface area contributed by atoms with Crippen LogP contribution in [0.3, 0.4) is 0 Å². The van der Waals surface area contributed by atoms with Gasteiger partial charge < -0.3 is 10.5 Å². The quantitative estimate of drug-likeness (QED) is 0.802. The summed E-state index contributed by atoms with van der Waals surface area (Å²) in [5.41, 5.74) is 6.88. The summed E-state index contributed by atoms with van der Waals surface area (Å²) < 4.78 is 5.14. The number of rotatable bonds is 4. The molecule has 2 N–H and O–H groups in total. The van der Waals surface area contributed by atoms with E-state index in [1.807, 2.05) is 18.2 Å². The topological polar surface area (TPSA) is 35.2 Å². The van der Waals surface area contributed by atoms with Gasteiger partial charge in [-0.25, -0.2) is 0 Å². The zero-order valence-corrected chi connectivity index (χ0v) is 8.80. The Hall–Kier alpha value is -0.670. The fourth-order valence-electron chi connectivity index (χ4n) is 1.21. The molecule has 0 radical (unpaired) electrons. The predicted octanol–water partition coefficient (Wildman–Crippen LogP) is 2.06. The Kier molecular flexibility index (Phi) is 4.12. The number of hydrogen-bond donors (Lipinski definition) is 1. The van der Waals surface area contributed by atoms with E-state index >= 15 is 0 Å². The van der Waals surface area contributed by atoms with E-state index in [4.69, 9.17) is 10.5 Å². The van der Waals surface area contributed by atoms with E-state index in [9.17, 15) is 0 Å². The predicted molar refractivity (Wildman–Crippen MR) is 58.3 cm³/mol. The highest BCUT2D eigenvalue weighted by Crippen LogP contribution is 2.27. The van der Waals surface area contributed by atoms with Crippen LogP contribution in [0.25, 0.3) is 0 Å². The molecule has 0 heterocycles. The van der Waals surface area contributed by atoms with E-state index in [0.29, 0.717) is 11.8 Å². The Morgan fingerprint density at radius 2 is 2.31 bits per heavy atom. The first-order valence-electron chi connectivity index (χ1n) is 4.18. The smallest absolute Gasteiger partial charge is 0.119 e. The number of hydrogen-bond acceptors (Lipinski definition) is 3. The van der Waals surface area contributed by atoms with E-state index in [0.717, 1.165) is 5.75 Å². The van der Waals surface area contributed by atoms with Crippen molar-refractivity contribution >= 4 is 11.8 Å². The molecule has 2 nitrogen and oxygen atoms in total. The standard InChI is InChI=1S/C10H15NOS/c1-12-9-5-3-4-8(6-9)10(7-11)13-2/h3-6,10H,7,11H2,1-2H3. The summed E-state index contributed by atoms with van der Waals surface area (Å²) in [6.45, 7) is 0.661. The Balaban J connectivity index is 2.86. The molecule has 13 heavy (non-hydrogen) atoms. The average Bonchev–Trinajstić information content (AvgIpc) is 2.20. The maximum Gasteiger partial charge on any atom is 0.119 e. The van der Waals surface area contributed by atoms with Crippen LogP contribution in [-0.2, 0) is 0 Å². The first kappa shape index (κ1) is 10.4. The molecule has 0 bridgehead atoms. The molecule has 1 atom stereocenters. The molecule has 3 heteroatoms. The van der Waals surface area contributed by atoms with Crippen LogP contribution in [0.2, 0.25) is 0 Å². The largest absolute Gasteiger partial charge is 0.497 e. The maximum absolute atomic E-state index is 5.65. The maximum atomic E-state index is 5.65. The highest BCUT2D eigenvalue weighted by Gasteiger charge is 2.07. The Bertz CT molecular complexity index is 261. The van der Waals surface area contributed by atoms with Gasteiger partial charge in [0, 0.05) is 11.8 Å². The minimum absolute atomic E-state index is 0.370. The van der Waals surface area contributed by atoms with Crippen LogP contribution in [0.4, 0.5) is 0 Å². The van der Waals surface area contributed by atoms with Gasteiger partial charge in [-0.05, 0) is 24.0 Å². The van der Waals surface area contributed by atoms with E-state index in [1.165, 1.54) is 5.56 Å². The van der Waals surface area contributed by atoms with Crippen molar-refractivity contribution < 1.29 is 4.74 Å². The Labute approximate surface area is 83.5 Å². The van der Waals surface area contributed by atoms with Gasteiger partial charge in [-0.1, -0.05) is 12.1 Å². The first-order valence-corrected chi connectivity index (χ1v) is 5.47. The van der Waals surface area contributed by atoms with Gasteiger partial charge in [0.25, 0.3) is 0 Å². The van der Waals surface area contributed by atoms with Gasteiger partial charge in [-0.15, -0.1) is 0 Å². The third kappa shape index (κ3) is 2.64. The highest BCUT2D eigenvalue weighted by atomic mass is 32.2. The van der Waals surface area contributed by atoms with E-state index in [2.05, 4.69) is 12.3 Å².